The van der Waals surface area contributed by atoms with E-state index in [2.05, 4.69) is 20.5 Å². The van der Waals surface area contributed by atoms with Gasteiger partial charge in [-0.05, 0) is 42.5 Å². The van der Waals surface area contributed by atoms with E-state index in [0.717, 1.165) is 12.3 Å². The first kappa shape index (κ1) is 19.4. The van der Waals surface area contributed by atoms with E-state index in [1.54, 1.807) is 36.5 Å². The molecule has 0 aliphatic heterocycles. The van der Waals surface area contributed by atoms with Crippen LogP contribution in [0.2, 0.25) is 0 Å². The van der Waals surface area contributed by atoms with Crippen LogP contribution in [0.15, 0.2) is 60.9 Å². The summed E-state index contributed by atoms with van der Waals surface area (Å²) < 4.78 is 45.5. The van der Waals surface area contributed by atoms with Crippen LogP contribution in [0.3, 0.4) is 0 Å². The van der Waals surface area contributed by atoms with Crippen molar-refractivity contribution in [3.63, 3.8) is 0 Å². The Bertz CT molecular complexity index is 1220. The van der Waals surface area contributed by atoms with Crippen molar-refractivity contribution < 1.29 is 22.7 Å². The molecule has 4 rings (SSSR count). The number of hydrogen-bond donors (Lipinski definition) is 2. The zero-order chi connectivity index (χ0) is 21.3. The number of amides is 1. The normalized spacial score (nSPS) is 11.5. The van der Waals surface area contributed by atoms with Gasteiger partial charge >= 0.3 is 6.18 Å². The number of pyridine rings is 1. The van der Waals surface area contributed by atoms with E-state index in [4.69, 9.17) is 4.74 Å². The average molecular weight is 412 g/mol. The quantitative estimate of drug-likeness (QED) is 0.499. The Morgan fingerprint density at radius 3 is 2.67 bits per heavy atom. The summed E-state index contributed by atoms with van der Waals surface area (Å²) in [4.78, 5) is 17.0. The number of hydrogen-bond acceptors (Lipinski definition) is 4. The molecule has 2 heterocycles. The number of ether oxygens (including phenoxy) is 1. The zero-order valence-corrected chi connectivity index (χ0v) is 15.6. The molecule has 152 valence electrons. The first-order valence-electron chi connectivity index (χ1n) is 8.82. The van der Waals surface area contributed by atoms with E-state index in [0.29, 0.717) is 17.0 Å². The van der Waals surface area contributed by atoms with Gasteiger partial charge in [-0.25, -0.2) is 0 Å². The number of halogens is 3. The van der Waals surface area contributed by atoms with Gasteiger partial charge in [0.2, 0.25) is 0 Å². The van der Waals surface area contributed by atoms with Gasteiger partial charge in [-0.2, -0.15) is 18.3 Å². The first-order chi connectivity index (χ1) is 14.4. The molecule has 0 aliphatic carbocycles. The SMILES string of the molecule is COc1ccc(C(=O)Nc2cc(C(F)(F)F)c3cn[nH]c3c2)cc1-c1ccccn1. The number of nitrogens with zero attached hydrogens (tertiary/aromatic N) is 2. The van der Waals surface area contributed by atoms with Crippen molar-refractivity contribution in [3.05, 3.63) is 72.1 Å². The number of aromatic nitrogens is 3. The second kappa shape index (κ2) is 7.51. The number of nitrogens with one attached hydrogen (secondary N) is 2. The lowest BCUT2D eigenvalue weighted by atomic mass is 10.0. The van der Waals surface area contributed by atoms with Crippen molar-refractivity contribution in [1.82, 2.24) is 15.2 Å². The van der Waals surface area contributed by atoms with Gasteiger partial charge in [0, 0.05) is 28.4 Å². The standard InChI is InChI=1S/C21H15F3N4O2/c1-30-19-6-5-12(8-14(19)17-4-2-3-7-25-17)20(29)27-13-9-16(21(22,23)24)15-11-26-28-18(15)10-13/h2-11H,1H3,(H,26,28)(H,27,29). The van der Waals surface area contributed by atoms with Crippen LogP contribution in [0, 0.1) is 0 Å². The number of methoxy groups -OCH3 is 1. The number of carbonyl (C=O) groups is 1. The molecule has 6 nitrogen and oxygen atoms in total. The molecule has 2 aromatic heterocycles. The first-order valence-corrected chi connectivity index (χ1v) is 8.82. The minimum atomic E-state index is -4.59. The lowest BCUT2D eigenvalue weighted by Crippen LogP contribution is -2.13. The van der Waals surface area contributed by atoms with E-state index in [-0.39, 0.29) is 22.2 Å². The van der Waals surface area contributed by atoms with Crippen LogP contribution in [0.1, 0.15) is 15.9 Å². The number of anilines is 1. The van der Waals surface area contributed by atoms with Crippen LogP contribution in [-0.4, -0.2) is 28.2 Å². The predicted molar refractivity (Wildman–Crippen MR) is 105 cm³/mol. The van der Waals surface area contributed by atoms with Gasteiger partial charge in [-0.1, -0.05) is 6.07 Å². The fourth-order valence-corrected chi connectivity index (χ4v) is 3.13. The fourth-order valence-electron chi connectivity index (χ4n) is 3.13. The molecule has 4 aromatic rings. The van der Waals surface area contributed by atoms with Crippen LogP contribution in [0.25, 0.3) is 22.2 Å². The Labute approximate surface area is 168 Å². The third kappa shape index (κ3) is 3.69. The zero-order valence-electron chi connectivity index (χ0n) is 15.6. The number of H-pyrrole nitrogens is 1. The van der Waals surface area contributed by atoms with Crippen molar-refractivity contribution >= 4 is 22.5 Å². The monoisotopic (exact) mass is 412 g/mol. The third-order valence-corrected chi connectivity index (χ3v) is 4.52. The van der Waals surface area contributed by atoms with Gasteiger partial charge in [0.05, 0.1) is 30.1 Å². The molecule has 9 heteroatoms. The van der Waals surface area contributed by atoms with E-state index < -0.39 is 17.6 Å². The van der Waals surface area contributed by atoms with Gasteiger partial charge in [-0.15, -0.1) is 0 Å². The van der Waals surface area contributed by atoms with E-state index in [1.165, 1.54) is 19.2 Å². The summed E-state index contributed by atoms with van der Waals surface area (Å²) in [5.41, 5.74) is 0.721. The molecular weight excluding hydrogens is 397 g/mol. The molecule has 0 saturated heterocycles. The number of alkyl halides is 3. The number of fused-ring (bicyclic) bond motifs is 1. The molecule has 0 saturated carbocycles. The maximum absolute atomic E-state index is 13.4. The molecule has 0 atom stereocenters. The highest BCUT2D eigenvalue weighted by Gasteiger charge is 2.33. The largest absolute Gasteiger partial charge is 0.496 e. The van der Waals surface area contributed by atoms with Gasteiger partial charge < -0.3 is 10.1 Å². The highest BCUT2D eigenvalue weighted by molar-refractivity contribution is 6.06. The lowest BCUT2D eigenvalue weighted by Gasteiger charge is -2.13. The summed E-state index contributed by atoms with van der Waals surface area (Å²) in [6.45, 7) is 0. The van der Waals surface area contributed by atoms with Crippen molar-refractivity contribution in [1.29, 1.82) is 0 Å². The van der Waals surface area contributed by atoms with Crippen LogP contribution in [-0.2, 0) is 6.18 Å². The molecule has 2 N–H and O–H groups in total. The van der Waals surface area contributed by atoms with Crippen LogP contribution in [0.4, 0.5) is 18.9 Å². The maximum atomic E-state index is 13.4. The highest BCUT2D eigenvalue weighted by Crippen LogP contribution is 2.36. The molecule has 0 radical (unpaired) electrons. The van der Waals surface area contributed by atoms with Crippen LogP contribution < -0.4 is 10.1 Å². The predicted octanol–water partition coefficient (Wildman–Crippen LogP) is 4.90. The summed E-state index contributed by atoms with van der Waals surface area (Å²) >= 11 is 0. The smallest absolute Gasteiger partial charge is 0.417 e. The number of aromatic amines is 1. The average Bonchev–Trinajstić information content (AvgIpc) is 3.21. The maximum Gasteiger partial charge on any atom is 0.417 e. The van der Waals surface area contributed by atoms with Crippen LogP contribution in [0.5, 0.6) is 5.75 Å². The van der Waals surface area contributed by atoms with Crippen molar-refractivity contribution in [3.8, 4) is 17.0 Å². The lowest BCUT2D eigenvalue weighted by molar-refractivity contribution is -0.136. The third-order valence-electron chi connectivity index (χ3n) is 4.52. The summed E-state index contributed by atoms with van der Waals surface area (Å²) in [5.74, 6) is -0.0506. The van der Waals surface area contributed by atoms with E-state index in [1.807, 2.05) is 0 Å². The molecule has 0 fully saturated rings. The van der Waals surface area contributed by atoms with Gasteiger partial charge in [0.15, 0.2) is 0 Å². The summed E-state index contributed by atoms with van der Waals surface area (Å²) in [6, 6.07) is 12.3. The summed E-state index contributed by atoms with van der Waals surface area (Å²) in [5, 5.41) is 8.62. The molecular formula is C21H15F3N4O2. The van der Waals surface area contributed by atoms with Gasteiger partial charge in [-0.3, -0.25) is 14.9 Å². The second-order valence-corrected chi connectivity index (χ2v) is 6.44. The Morgan fingerprint density at radius 1 is 1.13 bits per heavy atom. The van der Waals surface area contributed by atoms with Crippen molar-refractivity contribution in [2.45, 2.75) is 6.18 Å². The molecule has 0 aliphatic rings. The number of benzene rings is 2. The minimum Gasteiger partial charge on any atom is -0.496 e. The highest BCUT2D eigenvalue weighted by atomic mass is 19.4. The Hall–Kier alpha value is -3.88. The van der Waals surface area contributed by atoms with Gasteiger partial charge in [0.25, 0.3) is 5.91 Å². The fraction of sp³-hybridized carbons (Fsp3) is 0.0952. The van der Waals surface area contributed by atoms with E-state index in [9.17, 15) is 18.0 Å². The molecule has 0 unspecified atom stereocenters. The van der Waals surface area contributed by atoms with Crippen LogP contribution >= 0.6 is 0 Å². The van der Waals surface area contributed by atoms with E-state index >= 15 is 0 Å². The second-order valence-electron chi connectivity index (χ2n) is 6.44. The topological polar surface area (TPSA) is 79.9 Å². The summed E-state index contributed by atoms with van der Waals surface area (Å²) in [6.07, 6.45) is -1.87. The Morgan fingerprint density at radius 2 is 1.97 bits per heavy atom. The Kier molecular flexibility index (Phi) is 4.86. The van der Waals surface area contributed by atoms with Gasteiger partial charge in [0.1, 0.15) is 5.75 Å². The Balaban J connectivity index is 1.70. The molecule has 30 heavy (non-hydrogen) atoms. The minimum absolute atomic E-state index is 0.000667. The number of rotatable bonds is 4. The molecule has 2 aromatic carbocycles. The molecule has 0 bridgehead atoms. The number of carbonyl (C=O) groups excluding carboxylic acids is 1. The van der Waals surface area contributed by atoms with Crippen molar-refractivity contribution in [2.75, 3.05) is 12.4 Å². The molecule has 1 amide bonds. The van der Waals surface area contributed by atoms with Crippen molar-refractivity contribution in [2.24, 2.45) is 0 Å². The molecule has 0 spiro atoms. The summed E-state index contributed by atoms with van der Waals surface area (Å²) in [7, 11) is 1.50.